The van der Waals surface area contributed by atoms with Gasteiger partial charge in [0.2, 0.25) is 0 Å². The van der Waals surface area contributed by atoms with Crippen molar-refractivity contribution in [1.29, 1.82) is 0 Å². The fraction of sp³-hybridized carbons (Fsp3) is 0. The molecule has 3 aromatic carbocycles. The number of hydrogen-bond donors (Lipinski definition) is 2. The highest BCUT2D eigenvalue weighted by atomic mass is 35.5. The highest BCUT2D eigenvalue weighted by Gasteiger charge is 2.20. The van der Waals surface area contributed by atoms with Crippen LogP contribution in [-0.2, 0) is 0 Å². The average Bonchev–Trinajstić information content (AvgIpc) is 3.32. The van der Waals surface area contributed by atoms with Gasteiger partial charge in [0.1, 0.15) is 5.69 Å². The highest BCUT2D eigenvalue weighted by molar-refractivity contribution is 6.30. The summed E-state index contributed by atoms with van der Waals surface area (Å²) in [4.78, 5) is 24.9. The normalized spacial score (nSPS) is 11.0. The number of hydrogen-bond acceptors (Lipinski definition) is 7. The fourth-order valence-corrected chi connectivity index (χ4v) is 3.63. The first kappa shape index (κ1) is 22.6. The highest BCUT2D eigenvalue weighted by Crippen LogP contribution is 2.39. The summed E-state index contributed by atoms with van der Waals surface area (Å²) in [6, 6.07) is 16.9. The topological polar surface area (TPSA) is 122 Å². The van der Waals surface area contributed by atoms with E-state index < -0.39 is 5.91 Å². The lowest BCUT2D eigenvalue weighted by atomic mass is 10.0. The molecule has 0 saturated carbocycles. The zero-order valence-corrected chi connectivity index (χ0v) is 19.1. The Morgan fingerprint density at radius 2 is 1.81 bits per heavy atom. The Morgan fingerprint density at radius 1 is 1.06 bits per heavy atom. The molecule has 0 fully saturated rings. The lowest BCUT2D eigenvalue weighted by Crippen LogP contribution is -2.12. The first-order valence-electron chi connectivity index (χ1n) is 10.5. The minimum atomic E-state index is -0.535. The molecule has 36 heavy (non-hydrogen) atoms. The maximum atomic E-state index is 13.2. The van der Waals surface area contributed by atoms with Gasteiger partial charge in [-0.1, -0.05) is 35.9 Å². The lowest BCUT2D eigenvalue weighted by molar-refractivity contribution is 0.102. The fourth-order valence-electron chi connectivity index (χ4n) is 3.51. The number of fused-ring (bicyclic) bond motifs is 1. The van der Waals surface area contributed by atoms with Crippen LogP contribution in [0.5, 0.6) is 5.75 Å². The monoisotopic (exact) mass is 494 g/mol. The molecule has 0 bridgehead atoms. The molecule has 5 aromatic rings. The van der Waals surface area contributed by atoms with Gasteiger partial charge in [0.05, 0.1) is 18.3 Å². The number of carbonyl (C=O) groups is 1. The summed E-state index contributed by atoms with van der Waals surface area (Å²) in [7, 11) is 0. The third-order valence-electron chi connectivity index (χ3n) is 5.17. The van der Waals surface area contributed by atoms with E-state index in [4.69, 9.17) is 18.2 Å². The number of azo groups is 1. The number of rotatable bonds is 5. The molecule has 2 aromatic heterocycles. The van der Waals surface area contributed by atoms with E-state index in [1.54, 1.807) is 60.7 Å². The number of aromatic hydroxyl groups is 1. The number of carbonyl (C=O) groups excluding carboxylic acids is 1. The zero-order chi connectivity index (χ0) is 25.1. The average molecular weight is 495 g/mol. The summed E-state index contributed by atoms with van der Waals surface area (Å²) in [5, 5.41) is 28.0. The molecular formula is C25H15ClN8O2. The van der Waals surface area contributed by atoms with Gasteiger partial charge in [-0.15, -0.1) is 10.2 Å². The molecular weight excluding hydrogens is 480 g/mol. The van der Waals surface area contributed by atoms with Crippen LogP contribution in [0.25, 0.3) is 21.6 Å². The largest absolute Gasteiger partial charge is 0.505 e. The van der Waals surface area contributed by atoms with E-state index in [1.165, 1.54) is 23.3 Å². The molecule has 0 atom stereocenters. The van der Waals surface area contributed by atoms with Crippen molar-refractivity contribution < 1.29 is 9.90 Å². The molecule has 10 nitrogen and oxygen atoms in total. The van der Waals surface area contributed by atoms with Crippen molar-refractivity contribution >= 4 is 51.2 Å². The van der Waals surface area contributed by atoms with Crippen LogP contribution in [0.3, 0.4) is 0 Å². The van der Waals surface area contributed by atoms with Crippen LogP contribution in [0.15, 0.2) is 89.5 Å². The second-order valence-corrected chi connectivity index (χ2v) is 7.86. The molecule has 0 saturated heterocycles. The van der Waals surface area contributed by atoms with Gasteiger partial charge < -0.3 is 10.4 Å². The second-order valence-electron chi connectivity index (χ2n) is 7.43. The number of halogens is 1. The van der Waals surface area contributed by atoms with E-state index in [0.29, 0.717) is 21.5 Å². The summed E-state index contributed by atoms with van der Waals surface area (Å²) in [5.41, 5.74) is 0.690. The Balaban J connectivity index is 1.59. The summed E-state index contributed by atoms with van der Waals surface area (Å²) < 4.78 is 1.27. The van der Waals surface area contributed by atoms with E-state index in [0.717, 1.165) is 0 Å². The van der Waals surface area contributed by atoms with Crippen LogP contribution < -0.4 is 5.32 Å². The van der Waals surface area contributed by atoms with Crippen molar-refractivity contribution in [3.8, 4) is 11.7 Å². The first-order chi connectivity index (χ1) is 17.5. The van der Waals surface area contributed by atoms with Gasteiger partial charge in [-0.3, -0.25) is 4.79 Å². The van der Waals surface area contributed by atoms with Gasteiger partial charge in [0, 0.05) is 23.1 Å². The van der Waals surface area contributed by atoms with E-state index in [-0.39, 0.29) is 34.5 Å². The molecule has 0 radical (unpaired) electrons. The third-order valence-corrected chi connectivity index (χ3v) is 5.42. The Morgan fingerprint density at radius 3 is 2.56 bits per heavy atom. The molecule has 2 heterocycles. The van der Waals surface area contributed by atoms with Gasteiger partial charge in [-0.25, -0.2) is 14.8 Å². The Kier molecular flexibility index (Phi) is 6.05. The number of nitrogens with one attached hydrogen (secondary N) is 1. The molecule has 0 aliphatic carbocycles. The number of aromatic nitrogens is 4. The van der Waals surface area contributed by atoms with Gasteiger partial charge >= 0.3 is 0 Å². The van der Waals surface area contributed by atoms with Crippen molar-refractivity contribution in [3.63, 3.8) is 0 Å². The minimum Gasteiger partial charge on any atom is -0.505 e. The molecule has 1 amide bonds. The van der Waals surface area contributed by atoms with Crippen molar-refractivity contribution in [2.24, 2.45) is 10.2 Å². The predicted molar refractivity (Wildman–Crippen MR) is 135 cm³/mol. The zero-order valence-electron chi connectivity index (χ0n) is 18.4. The number of nitrogens with zero attached hydrogens (tertiary/aromatic N) is 7. The number of phenols is 1. The van der Waals surface area contributed by atoms with Crippen molar-refractivity contribution in [2.75, 3.05) is 5.32 Å². The summed E-state index contributed by atoms with van der Waals surface area (Å²) in [6.45, 7) is 7.42. The minimum absolute atomic E-state index is 0.0299. The quantitative estimate of drug-likeness (QED) is 0.216. The number of anilines is 1. The molecule has 174 valence electrons. The standard InChI is InChI=1S/C25H15ClN8O2/c1-27-20-14-30-34(25-28-11-4-12-29-25)23(20)33-32-19-13-15-5-2-3-6-18(15)21(22(19)35)24(36)31-17-9-7-16(26)8-10-17/h2-14,35H,(H,31,36)/b33-32+. The maximum absolute atomic E-state index is 13.2. The van der Waals surface area contributed by atoms with Crippen LogP contribution in [0.2, 0.25) is 5.02 Å². The van der Waals surface area contributed by atoms with Crippen LogP contribution in [-0.4, -0.2) is 30.8 Å². The summed E-state index contributed by atoms with van der Waals surface area (Å²) in [6.07, 6.45) is 4.38. The molecule has 2 N–H and O–H groups in total. The second kappa shape index (κ2) is 9.61. The van der Waals surface area contributed by atoms with E-state index in [1.807, 2.05) is 0 Å². The Hall–Kier alpha value is -5.14. The van der Waals surface area contributed by atoms with Gasteiger partial charge in [0.25, 0.3) is 17.5 Å². The van der Waals surface area contributed by atoms with Gasteiger partial charge in [-0.05, 0) is 47.2 Å². The van der Waals surface area contributed by atoms with Crippen molar-refractivity contribution in [1.82, 2.24) is 19.7 Å². The molecule has 0 unspecified atom stereocenters. The van der Waals surface area contributed by atoms with Crippen LogP contribution in [0, 0.1) is 6.57 Å². The lowest BCUT2D eigenvalue weighted by Gasteiger charge is -2.12. The van der Waals surface area contributed by atoms with E-state index >= 15 is 0 Å². The third kappa shape index (κ3) is 4.34. The van der Waals surface area contributed by atoms with E-state index in [2.05, 4.69) is 35.5 Å². The van der Waals surface area contributed by atoms with Crippen LogP contribution >= 0.6 is 11.6 Å². The smallest absolute Gasteiger partial charge is 0.260 e. The van der Waals surface area contributed by atoms with Gasteiger partial charge in [-0.2, -0.15) is 9.78 Å². The number of phenolic OH excluding ortho intramolecular Hbond substituents is 1. The number of amides is 1. The number of benzene rings is 3. The first-order valence-corrected chi connectivity index (χ1v) is 10.9. The maximum Gasteiger partial charge on any atom is 0.260 e. The molecule has 0 aliphatic rings. The molecule has 0 aliphatic heterocycles. The van der Waals surface area contributed by atoms with Crippen molar-refractivity contribution in [2.45, 2.75) is 0 Å². The van der Waals surface area contributed by atoms with Crippen LogP contribution in [0.1, 0.15) is 10.4 Å². The molecule has 11 heteroatoms. The van der Waals surface area contributed by atoms with Crippen molar-refractivity contribution in [3.05, 3.63) is 101 Å². The molecule has 5 rings (SSSR count). The Bertz CT molecular complexity index is 1660. The molecule has 0 spiro atoms. The van der Waals surface area contributed by atoms with Crippen LogP contribution in [0.4, 0.5) is 22.9 Å². The Labute approximate surface area is 209 Å². The van der Waals surface area contributed by atoms with E-state index in [9.17, 15) is 9.90 Å². The summed E-state index contributed by atoms with van der Waals surface area (Å²) in [5.74, 6) is -0.619. The SMILES string of the molecule is [C-]#[N+]c1cnn(-c2ncccn2)c1/N=N/c1cc2ccccc2c(C(=O)Nc2ccc(Cl)cc2)c1O. The summed E-state index contributed by atoms with van der Waals surface area (Å²) >= 11 is 5.93. The predicted octanol–water partition coefficient (Wildman–Crippen LogP) is 6.39. The van der Waals surface area contributed by atoms with Gasteiger partial charge in [0.15, 0.2) is 11.6 Å².